The summed E-state index contributed by atoms with van der Waals surface area (Å²) in [5.41, 5.74) is 2.59. The van der Waals surface area contributed by atoms with E-state index in [1.165, 1.54) is 14.2 Å². The number of aliphatic carboxylic acids is 2. The van der Waals surface area contributed by atoms with Gasteiger partial charge < -0.3 is 101 Å². The molecule has 2 saturated heterocycles. The van der Waals surface area contributed by atoms with E-state index in [2.05, 4.69) is 15.6 Å². The zero-order valence-corrected chi connectivity index (χ0v) is 33.9. The van der Waals surface area contributed by atoms with Gasteiger partial charge in [-0.25, -0.2) is 4.79 Å². The Balaban J connectivity index is 1.46. The van der Waals surface area contributed by atoms with E-state index in [0.717, 1.165) is 0 Å². The first-order valence-corrected chi connectivity index (χ1v) is 19.7. The molecule has 0 saturated carbocycles. The number of nitrogens with zero attached hydrogens (tertiary/aromatic N) is 1. The molecular weight excluding hydrogens is 820 g/mol. The number of hydrogen-bond acceptors (Lipinski definition) is 22. The third-order valence-corrected chi connectivity index (χ3v) is 10.8. The van der Waals surface area contributed by atoms with Crippen LogP contribution in [0.5, 0.6) is 0 Å². The van der Waals surface area contributed by atoms with Gasteiger partial charge in [-0.05, 0) is 25.7 Å². The minimum Gasteiger partial charge on any atom is -0.493 e. The number of Topliss-reactive ketones (excluding diaryl/α,β-unsaturated/α-hetero) is 1. The third kappa shape index (κ3) is 12.8. The standard InChI is InChI=1S/C37H60N4O20/c1-56-30-19(39-7-3-5-17(38)32(50)51)9-37(55,16-59-35-29(49)27(47)26(46)24(61-35)14-58-34-28(48)25(45)23(13-42)60-34)10-20(30)40-8-4-6-18(33(52)53)41-21-11-36(54,15-43)12-22(44)31(21)57-2/h17-18,23-29,34-35,40-43,45-49,54-55H,3-16,38H2,1-2H3,(H,50,51)(H,52,53). The quantitative estimate of drug-likeness (QED) is 0.0426. The van der Waals surface area contributed by atoms with E-state index in [1.54, 1.807) is 0 Å². The van der Waals surface area contributed by atoms with Gasteiger partial charge in [0.25, 0.3) is 0 Å². The predicted molar refractivity (Wildman–Crippen MR) is 204 cm³/mol. The Labute approximate surface area is 350 Å². The van der Waals surface area contributed by atoms with Crippen LogP contribution in [0, 0.1) is 0 Å². The van der Waals surface area contributed by atoms with E-state index >= 15 is 0 Å². The fourth-order valence-corrected chi connectivity index (χ4v) is 7.42. The molecule has 0 spiro atoms. The molecule has 2 heterocycles. The van der Waals surface area contributed by atoms with Crippen LogP contribution in [-0.4, -0.2) is 212 Å². The molecule has 0 aromatic carbocycles. The zero-order chi connectivity index (χ0) is 45.2. The van der Waals surface area contributed by atoms with Crippen molar-refractivity contribution in [1.29, 1.82) is 0 Å². The van der Waals surface area contributed by atoms with Crippen LogP contribution >= 0.6 is 0 Å². The van der Waals surface area contributed by atoms with Gasteiger partial charge in [-0.2, -0.15) is 0 Å². The number of rotatable bonds is 23. The van der Waals surface area contributed by atoms with Crippen LogP contribution in [-0.2, 0) is 42.8 Å². The lowest BCUT2D eigenvalue weighted by atomic mass is 9.85. The van der Waals surface area contributed by atoms with Gasteiger partial charge in [-0.1, -0.05) is 0 Å². The monoisotopic (exact) mass is 880 g/mol. The van der Waals surface area contributed by atoms with Crippen LogP contribution < -0.4 is 16.4 Å². The minimum absolute atomic E-state index is 0.0211. The van der Waals surface area contributed by atoms with Crippen molar-refractivity contribution < 1.29 is 99.0 Å². The van der Waals surface area contributed by atoms with E-state index in [0.29, 0.717) is 5.70 Å². The van der Waals surface area contributed by atoms with Gasteiger partial charge in [0.05, 0.1) is 63.4 Å². The SMILES string of the molecule is COC1=C(NC(CCCNC2=C(OC)C(=NCCCC(N)C(=O)O)CC(O)(COC3OC(COC4OC(CO)C(O)C4O)C(O)C(O)C3O)C2)C(=O)O)CC(O)(CO)CC1=O. The highest BCUT2D eigenvalue weighted by atomic mass is 16.7. The number of nitrogens with two attached hydrogens (primary N) is 1. The average Bonchev–Trinajstić information content (AvgIpc) is 3.49. The van der Waals surface area contributed by atoms with E-state index in [9.17, 15) is 65.4 Å². The number of hydrogen-bond donors (Lipinski definition) is 14. The van der Waals surface area contributed by atoms with Crippen LogP contribution in [0.2, 0.25) is 0 Å². The largest absolute Gasteiger partial charge is 0.493 e. The maximum atomic E-state index is 12.6. The molecule has 0 amide bonds. The number of nitrogens with one attached hydrogen (secondary N) is 2. The molecule has 2 aliphatic heterocycles. The first-order valence-electron chi connectivity index (χ1n) is 19.7. The van der Waals surface area contributed by atoms with Gasteiger partial charge in [0.15, 0.2) is 24.1 Å². The molecule has 13 unspecified atom stereocenters. The third-order valence-electron chi connectivity index (χ3n) is 10.8. The number of methoxy groups -OCH3 is 2. The van der Waals surface area contributed by atoms with Gasteiger partial charge in [-0.3, -0.25) is 14.6 Å². The van der Waals surface area contributed by atoms with E-state index < -0.39 is 129 Å². The molecule has 0 aromatic heterocycles. The molecule has 0 radical (unpaired) electrons. The summed E-state index contributed by atoms with van der Waals surface area (Å²) in [4.78, 5) is 40.6. The average molecular weight is 881 g/mol. The fourth-order valence-electron chi connectivity index (χ4n) is 7.42. The van der Waals surface area contributed by atoms with Crippen molar-refractivity contribution in [2.75, 3.05) is 53.7 Å². The summed E-state index contributed by atoms with van der Waals surface area (Å²) in [6, 6.07) is -2.39. The second kappa shape index (κ2) is 22.2. The van der Waals surface area contributed by atoms with Crippen molar-refractivity contribution in [3.8, 4) is 0 Å². The highest BCUT2D eigenvalue weighted by Crippen LogP contribution is 2.34. The summed E-state index contributed by atoms with van der Waals surface area (Å²) >= 11 is 0. The van der Waals surface area contributed by atoms with Crippen LogP contribution in [0.25, 0.3) is 0 Å². The second-order valence-electron chi connectivity index (χ2n) is 15.6. The smallest absolute Gasteiger partial charge is 0.326 e. The number of ether oxygens (including phenoxy) is 6. The topological polar surface area (TPSA) is 392 Å². The Hall–Kier alpha value is -3.60. The Morgan fingerprint density at radius 2 is 1.43 bits per heavy atom. The first kappa shape index (κ1) is 50.0. The summed E-state index contributed by atoms with van der Waals surface area (Å²) in [6.07, 6.45) is -14.5. The molecule has 2 aliphatic carbocycles. The van der Waals surface area contributed by atoms with Gasteiger partial charge >= 0.3 is 11.9 Å². The lowest BCUT2D eigenvalue weighted by Crippen LogP contribution is -2.60. The summed E-state index contributed by atoms with van der Waals surface area (Å²) < 4.78 is 33.1. The summed E-state index contributed by atoms with van der Waals surface area (Å²) in [7, 11) is 2.59. The number of carboxylic acids is 2. The number of aliphatic hydroxyl groups excluding tert-OH is 7. The lowest BCUT2D eigenvalue weighted by molar-refractivity contribution is -0.316. The van der Waals surface area contributed by atoms with Crippen molar-refractivity contribution in [3.63, 3.8) is 0 Å². The summed E-state index contributed by atoms with van der Waals surface area (Å²) in [5, 5.41) is 119. The van der Waals surface area contributed by atoms with E-state index in [1.807, 2.05) is 0 Å². The van der Waals surface area contributed by atoms with Crippen molar-refractivity contribution in [2.45, 2.75) is 130 Å². The van der Waals surface area contributed by atoms with E-state index in [4.69, 9.17) is 39.3 Å². The molecule has 4 rings (SSSR count). The summed E-state index contributed by atoms with van der Waals surface area (Å²) in [5.74, 6) is -3.00. The Kier molecular flexibility index (Phi) is 18.2. The molecule has 2 fully saturated rings. The highest BCUT2D eigenvalue weighted by Gasteiger charge is 2.49. The zero-order valence-electron chi connectivity index (χ0n) is 33.9. The number of carbonyl (C=O) groups is 3. The Morgan fingerprint density at radius 3 is 2.03 bits per heavy atom. The number of carbonyl (C=O) groups excluding carboxylic acids is 1. The van der Waals surface area contributed by atoms with Gasteiger partial charge in [-0.15, -0.1) is 0 Å². The molecule has 0 bridgehead atoms. The molecule has 24 heteroatoms. The number of aliphatic hydroxyl groups is 9. The Morgan fingerprint density at radius 1 is 0.803 bits per heavy atom. The van der Waals surface area contributed by atoms with Gasteiger partial charge in [0.1, 0.15) is 60.4 Å². The predicted octanol–water partition coefficient (Wildman–Crippen LogP) is -5.36. The molecule has 13 atom stereocenters. The van der Waals surface area contributed by atoms with Crippen molar-refractivity contribution >= 4 is 23.4 Å². The highest BCUT2D eigenvalue weighted by molar-refractivity contribution is 6.00. The maximum absolute atomic E-state index is 12.6. The van der Waals surface area contributed by atoms with Gasteiger partial charge in [0, 0.05) is 38.8 Å². The number of carboxylic acid groups (broad SMARTS) is 2. The van der Waals surface area contributed by atoms with Crippen LogP contribution in [0.3, 0.4) is 0 Å². The molecule has 348 valence electrons. The van der Waals surface area contributed by atoms with Crippen LogP contribution in [0.15, 0.2) is 27.9 Å². The number of aliphatic imine (C=N–C) groups is 1. The number of allylic oxidation sites excluding steroid dienone is 2. The molecule has 0 aromatic rings. The fraction of sp³-hybridized carbons (Fsp3) is 0.784. The van der Waals surface area contributed by atoms with Crippen molar-refractivity contribution in [2.24, 2.45) is 10.7 Å². The normalized spacial score (nSPS) is 35.0. The van der Waals surface area contributed by atoms with Crippen LogP contribution in [0.4, 0.5) is 0 Å². The maximum Gasteiger partial charge on any atom is 0.326 e. The van der Waals surface area contributed by atoms with Gasteiger partial charge in [0.2, 0.25) is 5.78 Å². The molecular formula is C37H60N4O20. The molecule has 24 nitrogen and oxygen atoms in total. The summed E-state index contributed by atoms with van der Waals surface area (Å²) in [6.45, 7) is -2.27. The van der Waals surface area contributed by atoms with Crippen molar-refractivity contribution in [1.82, 2.24) is 10.6 Å². The number of ketones is 1. The van der Waals surface area contributed by atoms with Crippen LogP contribution in [0.1, 0.15) is 51.4 Å². The first-order chi connectivity index (χ1) is 28.8. The Bertz CT molecular complexity index is 1620. The molecule has 61 heavy (non-hydrogen) atoms. The van der Waals surface area contributed by atoms with E-state index in [-0.39, 0.29) is 81.0 Å². The molecule has 15 N–H and O–H groups in total. The van der Waals surface area contributed by atoms with Crippen molar-refractivity contribution in [3.05, 3.63) is 22.9 Å². The lowest BCUT2D eigenvalue weighted by Gasteiger charge is -2.42. The minimum atomic E-state index is -1.83. The molecule has 4 aliphatic rings. The second-order valence-corrected chi connectivity index (χ2v) is 15.6.